The van der Waals surface area contributed by atoms with Crippen LogP contribution in [0.25, 0.3) is 0 Å². The average molecular weight is 320 g/mol. The number of piperidine rings is 1. The van der Waals surface area contributed by atoms with Gasteiger partial charge in [0.15, 0.2) is 0 Å². The van der Waals surface area contributed by atoms with Gasteiger partial charge in [-0.3, -0.25) is 9.59 Å². The van der Waals surface area contributed by atoms with Gasteiger partial charge in [-0.1, -0.05) is 6.92 Å². The zero-order valence-electron chi connectivity index (χ0n) is 13.3. The predicted octanol–water partition coefficient (Wildman–Crippen LogP) is 1.56. The van der Waals surface area contributed by atoms with Gasteiger partial charge in [0.1, 0.15) is 0 Å². The number of nitrogens with one attached hydrogen (secondary N) is 2. The summed E-state index contributed by atoms with van der Waals surface area (Å²) in [4.78, 5) is 25.5. The highest BCUT2D eigenvalue weighted by Crippen LogP contribution is 2.17. The van der Waals surface area contributed by atoms with E-state index in [1.807, 2.05) is 18.9 Å². The first kappa shape index (κ1) is 20.2. The Kier molecular flexibility index (Phi) is 11.4. The van der Waals surface area contributed by atoms with E-state index in [-0.39, 0.29) is 24.2 Å². The van der Waals surface area contributed by atoms with Crippen LogP contribution in [0, 0.1) is 5.92 Å². The van der Waals surface area contributed by atoms with E-state index in [4.69, 9.17) is 0 Å². The number of halogens is 1. The number of carbonyl (C=O) groups is 2. The van der Waals surface area contributed by atoms with Crippen LogP contribution in [0.4, 0.5) is 0 Å². The summed E-state index contributed by atoms with van der Waals surface area (Å²) in [5.41, 5.74) is 0. The SMILES string of the molecule is CCCC(=O)NCC1CCCN(C(=O)CCCNC)C1.Cl. The van der Waals surface area contributed by atoms with Crippen LogP contribution >= 0.6 is 12.4 Å². The van der Waals surface area contributed by atoms with Gasteiger partial charge >= 0.3 is 0 Å². The maximum absolute atomic E-state index is 12.1. The van der Waals surface area contributed by atoms with Gasteiger partial charge in [0.2, 0.25) is 11.8 Å². The molecule has 0 spiro atoms. The molecule has 0 aromatic carbocycles. The molecule has 2 N–H and O–H groups in total. The average Bonchev–Trinajstić information content (AvgIpc) is 2.46. The van der Waals surface area contributed by atoms with Gasteiger partial charge in [0, 0.05) is 32.5 Å². The van der Waals surface area contributed by atoms with Gasteiger partial charge in [-0.25, -0.2) is 0 Å². The lowest BCUT2D eigenvalue weighted by molar-refractivity contribution is -0.133. The van der Waals surface area contributed by atoms with Crippen molar-refractivity contribution in [2.75, 3.05) is 33.2 Å². The molecule has 0 radical (unpaired) electrons. The van der Waals surface area contributed by atoms with Crippen molar-refractivity contribution in [1.82, 2.24) is 15.5 Å². The number of nitrogens with zero attached hydrogens (tertiary/aromatic N) is 1. The number of hydrogen-bond acceptors (Lipinski definition) is 3. The number of rotatable bonds is 8. The Hall–Kier alpha value is -0.810. The summed E-state index contributed by atoms with van der Waals surface area (Å²) in [6.45, 7) is 5.27. The highest BCUT2D eigenvalue weighted by molar-refractivity contribution is 5.85. The molecule has 1 fully saturated rings. The fraction of sp³-hybridized carbons (Fsp3) is 0.867. The Morgan fingerprint density at radius 3 is 2.71 bits per heavy atom. The zero-order valence-corrected chi connectivity index (χ0v) is 14.1. The first-order valence-corrected chi connectivity index (χ1v) is 7.86. The van der Waals surface area contributed by atoms with Crippen molar-refractivity contribution in [2.45, 2.75) is 45.4 Å². The van der Waals surface area contributed by atoms with Gasteiger partial charge in [-0.05, 0) is 45.2 Å². The highest BCUT2D eigenvalue weighted by Gasteiger charge is 2.23. The topological polar surface area (TPSA) is 61.4 Å². The van der Waals surface area contributed by atoms with Gasteiger partial charge < -0.3 is 15.5 Å². The Morgan fingerprint density at radius 1 is 1.29 bits per heavy atom. The molecular weight excluding hydrogens is 290 g/mol. The molecule has 5 nitrogen and oxygen atoms in total. The summed E-state index contributed by atoms with van der Waals surface area (Å²) in [5, 5.41) is 6.04. The van der Waals surface area contributed by atoms with Crippen molar-refractivity contribution in [2.24, 2.45) is 5.92 Å². The third kappa shape index (κ3) is 8.27. The summed E-state index contributed by atoms with van der Waals surface area (Å²) in [5.74, 6) is 0.799. The molecule has 1 aliphatic heterocycles. The third-order valence-corrected chi connectivity index (χ3v) is 3.75. The van der Waals surface area contributed by atoms with E-state index in [2.05, 4.69) is 10.6 Å². The van der Waals surface area contributed by atoms with Crippen LogP contribution in [0.5, 0.6) is 0 Å². The number of likely N-dealkylation sites (tertiary alicyclic amines) is 1. The minimum absolute atomic E-state index is 0. The fourth-order valence-electron chi connectivity index (χ4n) is 2.61. The standard InChI is InChI=1S/C15H29N3O2.ClH/c1-3-6-14(19)17-11-13-7-5-10-18(12-13)15(20)8-4-9-16-2;/h13,16H,3-12H2,1-2H3,(H,17,19);1H. The molecular formula is C15H30ClN3O2. The normalized spacial score (nSPS) is 18.0. The second kappa shape index (κ2) is 11.8. The fourth-order valence-corrected chi connectivity index (χ4v) is 2.61. The molecule has 21 heavy (non-hydrogen) atoms. The molecule has 0 bridgehead atoms. The molecule has 124 valence electrons. The van der Waals surface area contributed by atoms with E-state index in [0.717, 1.165) is 45.3 Å². The first-order valence-electron chi connectivity index (χ1n) is 7.86. The van der Waals surface area contributed by atoms with E-state index >= 15 is 0 Å². The Labute approximate surface area is 134 Å². The van der Waals surface area contributed by atoms with E-state index in [1.165, 1.54) is 0 Å². The van der Waals surface area contributed by atoms with Crippen LogP contribution in [0.15, 0.2) is 0 Å². The van der Waals surface area contributed by atoms with E-state index < -0.39 is 0 Å². The van der Waals surface area contributed by atoms with E-state index in [0.29, 0.717) is 25.3 Å². The Morgan fingerprint density at radius 2 is 2.05 bits per heavy atom. The molecule has 1 atom stereocenters. The molecule has 2 amide bonds. The van der Waals surface area contributed by atoms with Crippen molar-refractivity contribution in [3.05, 3.63) is 0 Å². The van der Waals surface area contributed by atoms with Crippen LogP contribution in [0.1, 0.15) is 45.4 Å². The number of carbonyl (C=O) groups excluding carboxylic acids is 2. The summed E-state index contributed by atoms with van der Waals surface area (Å²) < 4.78 is 0. The predicted molar refractivity (Wildman–Crippen MR) is 87.6 cm³/mol. The maximum Gasteiger partial charge on any atom is 0.222 e. The van der Waals surface area contributed by atoms with Crippen LogP contribution in [-0.2, 0) is 9.59 Å². The maximum atomic E-state index is 12.1. The lowest BCUT2D eigenvalue weighted by atomic mass is 9.97. The molecule has 0 saturated carbocycles. The summed E-state index contributed by atoms with van der Waals surface area (Å²) in [6, 6.07) is 0. The van der Waals surface area contributed by atoms with Gasteiger partial charge in [0.05, 0.1) is 0 Å². The zero-order chi connectivity index (χ0) is 14.8. The quantitative estimate of drug-likeness (QED) is 0.668. The lowest BCUT2D eigenvalue weighted by Gasteiger charge is -2.33. The lowest BCUT2D eigenvalue weighted by Crippen LogP contribution is -2.43. The monoisotopic (exact) mass is 319 g/mol. The number of hydrogen-bond donors (Lipinski definition) is 2. The van der Waals surface area contributed by atoms with E-state index in [9.17, 15) is 9.59 Å². The molecule has 1 heterocycles. The molecule has 1 unspecified atom stereocenters. The second-order valence-corrected chi connectivity index (χ2v) is 5.61. The summed E-state index contributed by atoms with van der Waals surface area (Å²) in [7, 11) is 1.90. The molecule has 0 aromatic heterocycles. The molecule has 0 aromatic rings. The van der Waals surface area contributed by atoms with Crippen LogP contribution in [0.3, 0.4) is 0 Å². The minimum Gasteiger partial charge on any atom is -0.356 e. The van der Waals surface area contributed by atoms with Crippen molar-refractivity contribution >= 4 is 24.2 Å². The van der Waals surface area contributed by atoms with Crippen LogP contribution in [0.2, 0.25) is 0 Å². The molecule has 6 heteroatoms. The van der Waals surface area contributed by atoms with E-state index in [1.54, 1.807) is 0 Å². The molecule has 1 aliphatic rings. The van der Waals surface area contributed by atoms with Crippen molar-refractivity contribution in [3.63, 3.8) is 0 Å². The summed E-state index contributed by atoms with van der Waals surface area (Å²) >= 11 is 0. The molecule has 1 rings (SSSR count). The minimum atomic E-state index is 0. The third-order valence-electron chi connectivity index (χ3n) is 3.75. The molecule has 1 saturated heterocycles. The van der Waals surface area contributed by atoms with Crippen LogP contribution in [-0.4, -0.2) is 49.9 Å². The van der Waals surface area contributed by atoms with Crippen molar-refractivity contribution in [1.29, 1.82) is 0 Å². The van der Waals surface area contributed by atoms with Gasteiger partial charge in [0.25, 0.3) is 0 Å². The summed E-state index contributed by atoms with van der Waals surface area (Å²) in [6.07, 6.45) is 5.14. The van der Waals surface area contributed by atoms with Crippen molar-refractivity contribution in [3.8, 4) is 0 Å². The van der Waals surface area contributed by atoms with Gasteiger partial charge in [-0.2, -0.15) is 0 Å². The van der Waals surface area contributed by atoms with Crippen molar-refractivity contribution < 1.29 is 9.59 Å². The molecule has 0 aliphatic carbocycles. The highest BCUT2D eigenvalue weighted by atomic mass is 35.5. The number of amides is 2. The Bertz CT molecular complexity index is 313. The van der Waals surface area contributed by atoms with Gasteiger partial charge in [-0.15, -0.1) is 12.4 Å². The first-order chi connectivity index (χ1) is 9.67. The smallest absolute Gasteiger partial charge is 0.222 e. The van der Waals surface area contributed by atoms with Crippen LogP contribution < -0.4 is 10.6 Å². The second-order valence-electron chi connectivity index (χ2n) is 5.61. The Balaban J connectivity index is 0.00000400. The largest absolute Gasteiger partial charge is 0.356 e.